The lowest BCUT2D eigenvalue weighted by atomic mass is 10.0. The molecule has 21 heavy (non-hydrogen) atoms. The number of Topliss-reactive ketones (excluding diaryl/α,β-unsaturated/α-hetero) is 2. The van der Waals surface area contributed by atoms with Crippen molar-refractivity contribution in [3.8, 4) is 0 Å². The normalized spacial score (nSPS) is 13.9. The summed E-state index contributed by atoms with van der Waals surface area (Å²) in [5.74, 6) is 0.230. The number of nitrogens with one attached hydrogen (secondary N) is 2. The molecular weight excluding hydrogens is 268 g/mol. The predicted octanol–water partition coefficient (Wildman–Crippen LogP) is 0.644. The van der Waals surface area contributed by atoms with Gasteiger partial charge in [0.15, 0.2) is 5.78 Å². The molecule has 6 N–H and O–H groups in total. The van der Waals surface area contributed by atoms with Gasteiger partial charge in [-0.1, -0.05) is 19.8 Å². The summed E-state index contributed by atoms with van der Waals surface area (Å²) in [5.41, 5.74) is 17.0. The number of carbonyl (C=O) groups is 2. The van der Waals surface area contributed by atoms with Crippen molar-refractivity contribution in [1.82, 2.24) is 10.9 Å². The summed E-state index contributed by atoms with van der Waals surface area (Å²) in [6.45, 7) is 4.68. The lowest BCUT2D eigenvalue weighted by Crippen LogP contribution is -2.52. The van der Waals surface area contributed by atoms with E-state index in [1.54, 1.807) is 6.92 Å². The molecule has 0 unspecified atom stereocenters. The molecule has 0 amide bonds. The van der Waals surface area contributed by atoms with Gasteiger partial charge in [0.2, 0.25) is 0 Å². The maximum atomic E-state index is 11.9. The molecular formula is C15H32N4O2. The Morgan fingerprint density at radius 1 is 0.905 bits per heavy atom. The summed E-state index contributed by atoms with van der Waals surface area (Å²) in [6, 6.07) is -0.517. The first-order chi connectivity index (χ1) is 10.1. The first kappa shape index (κ1) is 20.2. The van der Waals surface area contributed by atoms with Crippen molar-refractivity contribution in [1.29, 1.82) is 0 Å². The second-order valence-electron chi connectivity index (χ2n) is 5.39. The summed E-state index contributed by atoms with van der Waals surface area (Å²) in [4.78, 5) is 23.5. The Morgan fingerprint density at radius 3 is 1.81 bits per heavy atom. The van der Waals surface area contributed by atoms with Crippen LogP contribution >= 0.6 is 0 Å². The van der Waals surface area contributed by atoms with Crippen LogP contribution in [0.4, 0.5) is 0 Å². The zero-order valence-corrected chi connectivity index (χ0v) is 13.5. The van der Waals surface area contributed by atoms with Crippen molar-refractivity contribution in [2.75, 3.05) is 13.1 Å². The number of carbonyl (C=O) groups excluding carboxylic acids is 2. The average molecular weight is 300 g/mol. The molecule has 0 fully saturated rings. The van der Waals surface area contributed by atoms with Crippen LogP contribution in [0.3, 0.4) is 0 Å². The van der Waals surface area contributed by atoms with Gasteiger partial charge in [0, 0.05) is 6.42 Å². The molecule has 0 aromatic rings. The Balaban J connectivity index is 4.31. The molecule has 0 saturated heterocycles. The van der Waals surface area contributed by atoms with Gasteiger partial charge in [-0.05, 0) is 45.7 Å². The van der Waals surface area contributed by atoms with E-state index in [2.05, 4.69) is 10.9 Å². The fraction of sp³-hybridized carbons (Fsp3) is 0.867. The molecule has 0 radical (unpaired) electrons. The van der Waals surface area contributed by atoms with E-state index in [0.29, 0.717) is 19.5 Å². The lowest BCUT2D eigenvalue weighted by molar-refractivity contribution is -0.123. The van der Waals surface area contributed by atoms with Crippen LogP contribution in [0.2, 0.25) is 0 Å². The first-order valence-electron chi connectivity index (χ1n) is 8.01. The van der Waals surface area contributed by atoms with Gasteiger partial charge in [0.1, 0.15) is 5.78 Å². The van der Waals surface area contributed by atoms with E-state index in [1.165, 1.54) is 0 Å². The van der Waals surface area contributed by atoms with Gasteiger partial charge in [-0.25, -0.2) is 10.9 Å². The van der Waals surface area contributed by atoms with E-state index in [4.69, 9.17) is 11.5 Å². The van der Waals surface area contributed by atoms with E-state index >= 15 is 0 Å². The number of rotatable bonds is 14. The highest BCUT2D eigenvalue weighted by molar-refractivity contribution is 5.84. The van der Waals surface area contributed by atoms with Crippen molar-refractivity contribution < 1.29 is 9.59 Å². The van der Waals surface area contributed by atoms with Crippen LogP contribution in [-0.2, 0) is 9.59 Å². The van der Waals surface area contributed by atoms with Crippen LogP contribution in [0.1, 0.15) is 58.8 Å². The highest BCUT2D eigenvalue weighted by Crippen LogP contribution is 2.05. The topological polar surface area (TPSA) is 110 Å². The van der Waals surface area contributed by atoms with E-state index in [0.717, 1.165) is 38.5 Å². The molecule has 0 rings (SSSR count). The minimum atomic E-state index is -0.266. The molecule has 0 bridgehead atoms. The molecule has 6 heteroatoms. The van der Waals surface area contributed by atoms with Crippen molar-refractivity contribution >= 4 is 11.6 Å². The van der Waals surface area contributed by atoms with Gasteiger partial charge in [0.05, 0.1) is 12.1 Å². The average Bonchev–Trinajstić information content (AvgIpc) is 2.47. The molecule has 124 valence electrons. The largest absolute Gasteiger partial charge is 0.330 e. The van der Waals surface area contributed by atoms with Crippen LogP contribution in [0.15, 0.2) is 0 Å². The maximum absolute atomic E-state index is 11.9. The number of nitrogens with two attached hydrogens (primary N) is 2. The molecule has 0 aromatic carbocycles. The number of hydrazine groups is 1. The number of ketones is 2. The van der Waals surface area contributed by atoms with Gasteiger partial charge >= 0.3 is 0 Å². The lowest BCUT2D eigenvalue weighted by Gasteiger charge is -2.22. The monoisotopic (exact) mass is 300 g/mol. The number of hydrogen-bond acceptors (Lipinski definition) is 6. The third-order valence-corrected chi connectivity index (χ3v) is 3.55. The molecule has 0 aliphatic heterocycles. The van der Waals surface area contributed by atoms with Gasteiger partial charge in [-0.15, -0.1) is 0 Å². The first-order valence-corrected chi connectivity index (χ1v) is 8.01. The number of hydrogen-bond donors (Lipinski definition) is 4. The summed E-state index contributed by atoms with van der Waals surface area (Å²) >= 11 is 0. The Kier molecular flexibility index (Phi) is 12.4. The van der Waals surface area contributed by atoms with Gasteiger partial charge in [-0.2, -0.15) is 0 Å². The van der Waals surface area contributed by atoms with Crippen molar-refractivity contribution in [3.63, 3.8) is 0 Å². The van der Waals surface area contributed by atoms with E-state index in [1.807, 2.05) is 6.92 Å². The van der Waals surface area contributed by atoms with Gasteiger partial charge < -0.3 is 11.5 Å². The molecule has 2 atom stereocenters. The van der Waals surface area contributed by atoms with Crippen molar-refractivity contribution in [3.05, 3.63) is 0 Å². The molecule has 0 saturated carbocycles. The van der Waals surface area contributed by atoms with Crippen LogP contribution in [0.25, 0.3) is 0 Å². The van der Waals surface area contributed by atoms with Crippen LogP contribution in [0.5, 0.6) is 0 Å². The smallest absolute Gasteiger partial charge is 0.150 e. The predicted molar refractivity (Wildman–Crippen MR) is 85.6 cm³/mol. The zero-order chi connectivity index (χ0) is 16.1. The molecule has 0 spiro atoms. The molecule has 0 aliphatic carbocycles. The highest BCUT2D eigenvalue weighted by atomic mass is 16.1. The summed E-state index contributed by atoms with van der Waals surface area (Å²) < 4.78 is 0. The van der Waals surface area contributed by atoms with E-state index in [9.17, 15) is 9.59 Å². The summed E-state index contributed by atoms with van der Waals surface area (Å²) in [5, 5.41) is 0. The van der Waals surface area contributed by atoms with Crippen molar-refractivity contribution in [2.45, 2.75) is 70.9 Å². The SMILES string of the molecule is CCC(=O)[C@H](CCCCN)NN[C@@H](CCCCN)C(C)=O. The summed E-state index contributed by atoms with van der Waals surface area (Å²) in [7, 11) is 0. The second kappa shape index (κ2) is 12.9. The Hall–Kier alpha value is -0.820. The Labute approximate surface area is 128 Å². The number of unbranched alkanes of at least 4 members (excludes halogenated alkanes) is 2. The fourth-order valence-electron chi connectivity index (χ4n) is 2.12. The standard InChI is InChI=1S/C15H32N4O2/c1-3-15(21)14(9-5-7-11-17)19-18-13(12(2)20)8-4-6-10-16/h13-14,18-19H,3-11,16-17H2,1-2H3/t13-,14-/m0/s1. The van der Waals surface area contributed by atoms with Gasteiger partial charge in [-0.3, -0.25) is 9.59 Å². The quantitative estimate of drug-likeness (QED) is 0.277. The zero-order valence-electron chi connectivity index (χ0n) is 13.5. The molecule has 0 aromatic heterocycles. The molecule has 0 heterocycles. The Bertz CT molecular complexity index is 297. The molecule has 6 nitrogen and oxygen atoms in total. The summed E-state index contributed by atoms with van der Waals surface area (Å²) in [6.07, 6.45) is 5.56. The third kappa shape index (κ3) is 9.68. The van der Waals surface area contributed by atoms with Gasteiger partial charge in [0.25, 0.3) is 0 Å². The minimum Gasteiger partial charge on any atom is -0.330 e. The second-order valence-corrected chi connectivity index (χ2v) is 5.39. The highest BCUT2D eigenvalue weighted by Gasteiger charge is 2.19. The van der Waals surface area contributed by atoms with Crippen LogP contribution in [-0.4, -0.2) is 36.7 Å². The van der Waals surface area contributed by atoms with Crippen LogP contribution < -0.4 is 22.3 Å². The van der Waals surface area contributed by atoms with E-state index < -0.39 is 0 Å². The molecule has 0 aliphatic rings. The third-order valence-electron chi connectivity index (χ3n) is 3.55. The fourth-order valence-corrected chi connectivity index (χ4v) is 2.12. The van der Waals surface area contributed by atoms with Crippen LogP contribution in [0, 0.1) is 0 Å². The maximum Gasteiger partial charge on any atom is 0.150 e. The Morgan fingerprint density at radius 2 is 1.38 bits per heavy atom. The van der Waals surface area contributed by atoms with E-state index in [-0.39, 0.29) is 23.7 Å². The van der Waals surface area contributed by atoms with Crippen molar-refractivity contribution in [2.24, 2.45) is 11.5 Å². The minimum absolute atomic E-state index is 0.0733.